The summed E-state index contributed by atoms with van der Waals surface area (Å²) in [6.07, 6.45) is -2.03. The molecule has 0 saturated heterocycles. The molecular formula is C11H18O8. The summed E-state index contributed by atoms with van der Waals surface area (Å²) in [7, 11) is 0. The van der Waals surface area contributed by atoms with Gasteiger partial charge in [-0.1, -0.05) is 6.92 Å². The van der Waals surface area contributed by atoms with Crippen molar-refractivity contribution in [1.82, 2.24) is 0 Å². The predicted molar refractivity (Wildman–Crippen MR) is 61.3 cm³/mol. The molecule has 110 valence electrons. The van der Waals surface area contributed by atoms with Crippen LogP contribution in [0.5, 0.6) is 0 Å². The molecular weight excluding hydrogens is 260 g/mol. The number of carboxylic acid groups (broad SMARTS) is 2. The molecule has 0 spiro atoms. The van der Waals surface area contributed by atoms with Crippen molar-refractivity contribution in [2.45, 2.75) is 44.3 Å². The molecule has 0 amide bonds. The molecule has 0 aromatic carbocycles. The van der Waals surface area contributed by atoms with Gasteiger partial charge in [0.25, 0.3) is 0 Å². The Labute approximate surface area is 109 Å². The van der Waals surface area contributed by atoms with Gasteiger partial charge in [-0.05, 0) is 6.42 Å². The summed E-state index contributed by atoms with van der Waals surface area (Å²) in [5, 5.41) is 36.0. The van der Waals surface area contributed by atoms with Gasteiger partial charge in [0.15, 0.2) is 5.60 Å². The number of carbonyl (C=O) groups is 3. The minimum absolute atomic E-state index is 0.128. The molecule has 0 rings (SSSR count). The van der Waals surface area contributed by atoms with Gasteiger partial charge in [-0.3, -0.25) is 9.59 Å². The Balaban J connectivity index is 4.33. The number of rotatable bonds is 9. The summed E-state index contributed by atoms with van der Waals surface area (Å²) >= 11 is 0. The van der Waals surface area contributed by atoms with Crippen LogP contribution in [0.2, 0.25) is 0 Å². The highest BCUT2D eigenvalue weighted by Crippen LogP contribution is 2.17. The highest BCUT2D eigenvalue weighted by atomic mass is 16.5. The van der Waals surface area contributed by atoms with Crippen molar-refractivity contribution in [3.8, 4) is 0 Å². The second-order valence-corrected chi connectivity index (χ2v) is 4.16. The van der Waals surface area contributed by atoms with E-state index in [-0.39, 0.29) is 13.0 Å². The Kier molecular flexibility index (Phi) is 7.02. The Morgan fingerprint density at radius 2 is 1.79 bits per heavy atom. The smallest absolute Gasteiger partial charge is 0.336 e. The van der Waals surface area contributed by atoms with E-state index in [9.17, 15) is 24.6 Å². The van der Waals surface area contributed by atoms with E-state index in [1.165, 1.54) is 0 Å². The quantitative estimate of drug-likeness (QED) is 0.408. The zero-order valence-electron chi connectivity index (χ0n) is 10.5. The summed E-state index contributed by atoms with van der Waals surface area (Å²) in [4.78, 5) is 32.5. The second kappa shape index (κ2) is 7.70. The first-order valence-corrected chi connectivity index (χ1v) is 5.72. The highest BCUT2D eigenvalue weighted by Gasteiger charge is 2.41. The molecule has 0 radical (unpaired) electrons. The number of esters is 1. The number of aliphatic hydroxyl groups is 2. The van der Waals surface area contributed by atoms with Crippen LogP contribution in [0.3, 0.4) is 0 Å². The van der Waals surface area contributed by atoms with Gasteiger partial charge in [-0.15, -0.1) is 0 Å². The van der Waals surface area contributed by atoms with Gasteiger partial charge in [-0.2, -0.15) is 0 Å². The SMILES string of the molecule is CCC(O)CCOC(=O)CC(O)(CC(=O)O)C(=O)O. The Morgan fingerprint density at radius 3 is 2.21 bits per heavy atom. The van der Waals surface area contributed by atoms with Crippen LogP contribution in [0.25, 0.3) is 0 Å². The van der Waals surface area contributed by atoms with Gasteiger partial charge >= 0.3 is 17.9 Å². The fraction of sp³-hybridized carbons (Fsp3) is 0.727. The number of hydrogen-bond donors (Lipinski definition) is 4. The molecule has 0 aliphatic rings. The summed E-state index contributed by atoms with van der Waals surface area (Å²) in [6, 6.07) is 0. The molecule has 0 heterocycles. The zero-order chi connectivity index (χ0) is 15.1. The third kappa shape index (κ3) is 6.73. The predicted octanol–water partition coefficient (Wildman–Crippen LogP) is -0.629. The largest absolute Gasteiger partial charge is 0.481 e. The lowest BCUT2D eigenvalue weighted by molar-refractivity contribution is -0.172. The van der Waals surface area contributed by atoms with Gasteiger partial charge in [0.2, 0.25) is 0 Å². The third-order valence-corrected chi connectivity index (χ3v) is 2.46. The van der Waals surface area contributed by atoms with Gasteiger partial charge in [0.1, 0.15) is 0 Å². The number of carboxylic acids is 2. The van der Waals surface area contributed by atoms with Gasteiger partial charge in [0.05, 0.1) is 25.6 Å². The molecule has 8 nitrogen and oxygen atoms in total. The van der Waals surface area contributed by atoms with Crippen molar-refractivity contribution in [2.24, 2.45) is 0 Å². The topological polar surface area (TPSA) is 141 Å². The lowest BCUT2D eigenvalue weighted by Gasteiger charge is -2.20. The molecule has 0 saturated carbocycles. The number of aliphatic carboxylic acids is 2. The molecule has 2 unspecified atom stereocenters. The first-order chi connectivity index (χ1) is 8.71. The zero-order valence-corrected chi connectivity index (χ0v) is 10.5. The molecule has 0 bridgehead atoms. The molecule has 0 fully saturated rings. The molecule has 0 aromatic heterocycles. The van der Waals surface area contributed by atoms with Crippen LogP contribution in [-0.4, -0.2) is 56.6 Å². The Bertz CT molecular complexity index is 340. The van der Waals surface area contributed by atoms with Crippen molar-refractivity contribution >= 4 is 17.9 Å². The van der Waals surface area contributed by atoms with Crippen molar-refractivity contribution < 1.29 is 39.5 Å². The lowest BCUT2D eigenvalue weighted by Crippen LogP contribution is -2.43. The normalized spacial score (nSPS) is 15.3. The van der Waals surface area contributed by atoms with Crippen molar-refractivity contribution in [3.05, 3.63) is 0 Å². The maximum Gasteiger partial charge on any atom is 0.336 e. The summed E-state index contributed by atoms with van der Waals surface area (Å²) < 4.78 is 4.63. The summed E-state index contributed by atoms with van der Waals surface area (Å²) in [5.74, 6) is -4.38. The minimum atomic E-state index is -2.69. The summed E-state index contributed by atoms with van der Waals surface area (Å²) in [5.41, 5.74) is -2.69. The molecule has 0 aliphatic carbocycles. The average Bonchev–Trinajstić information content (AvgIpc) is 2.27. The van der Waals surface area contributed by atoms with Crippen LogP contribution in [0, 0.1) is 0 Å². The Hall–Kier alpha value is -1.67. The first-order valence-electron chi connectivity index (χ1n) is 5.72. The highest BCUT2D eigenvalue weighted by molar-refractivity contribution is 5.88. The standard InChI is InChI=1S/C11H18O8/c1-2-7(12)3-4-19-9(15)6-11(18,10(16)17)5-8(13)14/h7,12,18H,2-6H2,1H3,(H,13,14)(H,16,17). The van der Waals surface area contributed by atoms with Crippen LogP contribution >= 0.6 is 0 Å². The van der Waals surface area contributed by atoms with E-state index in [0.717, 1.165) is 0 Å². The van der Waals surface area contributed by atoms with Crippen molar-refractivity contribution in [3.63, 3.8) is 0 Å². The first kappa shape index (κ1) is 17.3. The van der Waals surface area contributed by atoms with E-state index < -0.39 is 42.5 Å². The Morgan fingerprint density at radius 1 is 1.21 bits per heavy atom. The fourth-order valence-corrected chi connectivity index (χ4v) is 1.27. The van der Waals surface area contributed by atoms with Gasteiger partial charge in [-0.25, -0.2) is 4.79 Å². The number of hydrogen-bond acceptors (Lipinski definition) is 6. The van der Waals surface area contributed by atoms with Crippen LogP contribution in [0.4, 0.5) is 0 Å². The fourth-order valence-electron chi connectivity index (χ4n) is 1.27. The number of carbonyl (C=O) groups excluding carboxylic acids is 1. The third-order valence-electron chi connectivity index (χ3n) is 2.46. The molecule has 19 heavy (non-hydrogen) atoms. The van der Waals surface area contributed by atoms with E-state index in [1.54, 1.807) is 6.92 Å². The summed E-state index contributed by atoms with van der Waals surface area (Å²) in [6.45, 7) is 1.61. The lowest BCUT2D eigenvalue weighted by atomic mass is 9.96. The number of aliphatic hydroxyl groups excluding tert-OH is 1. The van der Waals surface area contributed by atoms with Crippen LogP contribution < -0.4 is 0 Å². The van der Waals surface area contributed by atoms with Crippen LogP contribution in [0.1, 0.15) is 32.6 Å². The molecule has 0 aliphatic heterocycles. The van der Waals surface area contributed by atoms with Crippen molar-refractivity contribution in [1.29, 1.82) is 0 Å². The molecule has 0 aromatic rings. The average molecular weight is 278 g/mol. The maximum atomic E-state index is 11.3. The van der Waals surface area contributed by atoms with Gasteiger partial charge in [0, 0.05) is 6.42 Å². The van der Waals surface area contributed by atoms with Crippen molar-refractivity contribution in [2.75, 3.05) is 6.61 Å². The van der Waals surface area contributed by atoms with E-state index in [4.69, 9.17) is 10.2 Å². The van der Waals surface area contributed by atoms with E-state index in [0.29, 0.717) is 6.42 Å². The molecule has 8 heteroatoms. The van der Waals surface area contributed by atoms with E-state index in [1.807, 2.05) is 0 Å². The molecule has 2 atom stereocenters. The number of ether oxygens (including phenoxy) is 1. The maximum absolute atomic E-state index is 11.3. The molecule has 4 N–H and O–H groups in total. The van der Waals surface area contributed by atoms with E-state index >= 15 is 0 Å². The second-order valence-electron chi connectivity index (χ2n) is 4.16. The van der Waals surface area contributed by atoms with Gasteiger partial charge < -0.3 is 25.2 Å². The van der Waals surface area contributed by atoms with E-state index in [2.05, 4.69) is 4.74 Å². The van der Waals surface area contributed by atoms with Crippen LogP contribution in [0.15, 0.2) is 0 Å². The van der Waals surface area contributed by atoms with Crippen LogP contribution in [-0.2, 0) is 19.1 Å². The minimum Gasteiger partial charge on any atom is -0.481 e. The monoisotopic (exact) mass is 278 g/mol.